The lowest BCUT2D eigenvalue weighted by Crippen LogP contribution is -2.42. The minimum atomic E-state index is -1.45. The molecule has 0 saturated heterocycles. The first-order valence-corrected chi connectivity index (χ1v) is 9.24. The number of carbonyl (C=O) groups excluding carboxylic acids is 4. The number of allylic oxidation sites excluding steroid dienone is 1. The number of benzene rings is 1. The number of rotatable bonds is 4. The van der Waals surface area contributed by atoms with Gasteiger partial charge in [0.25, 0.3) is 0 Å². The zero-order chi connectivity index (χ0) is 18.1. The molecule has 0 radical (unpaired) electrons. The van der Waals surface area contributed by atoms with Crippen molar-refractivity contribution in [2.45, 2.75) is 12.3 Å². The van der Waals surface area contributed by atoms with E-state index in [0.717, 1.165) is 0 Å². The van der Waals surface area contributed by atoms with Gasteiger partial charge in [0.2, 0.25) is 0 Å². The highest BCUT2D eigenvalue weighted by atomic mass is 35.5. The molecule has 5 nitrogen and oxygen atoms in total. The van der Waals surface area contributed by atoms with Crippen molar-refractivity contribution in [3.05, 3.63) is 46.4 Å². The SMILES string of the molecule is CCOC(=O)C1CSC2=C1C(=O)C(Cl)C(=O)C2C(=O)c1ccccc1. The molecule has 0 spiro atoms. The third-order valence-electron chi connectivity index (χ3n) is 4.20. The second-order valence-electron chi connectivity index (χ2n) is 5.69. The monoisotopic (exact) mass is 378 g/mol. The quantitative estimate of drug-likeness (QED) is 0.346. The maximum atomic E-state index is 12.9. The molecule has 0 bridgehead atoms. The van der Waals surface area contributed by atoms with Crippen molar-refractivity contribution >= 4 is 46.7 Å². The molecule has 3 atom stereocenters. The molecule has 130 valence electrons. The summed E-state index contributed by atoms with van der Waals surface area (Å²) in [5, 5.41) is -1.45. The van der Waals surface area contributed by atoms with Gasteiger partial charge < -0.3 is 4.74 Å². The van der Waals surface area contributed by atoms with Crippen molar-refractivity contribution < 1.29 is 23.9 Å². The number of ketones is 3. The minimum Gasteiger partial charge on any atom is -0.465 e. The summed E-state index contributed by atoms with van der Waals surface area (Å²) in [5.41, 5.74) is 0.531. The van der Waals surface area contributed by atoms with Gasteiger partial charge in [-0.25, -0.2) is 0 Å². The zero-order valence-corrected chi connectivity index (χ0v) is 14.9. The van der Waals surface area contributed by atoms with Crippen molar-refractivity contribution in [3.8, 4) is 0 Å². The highest BCUT2D eigenvalue weighted by Gasteiger charge is 2.51. The maximum Gasteiger partial charge on any atom is 0.314 e. The van der Waals surface area contributed by atoms with Crippen LogP contribution in [-0.2, 0) is 19.1 Å². The van der Waals surface area contributed by atoms with Gasteiger partial charge in [-0.05, 0) is 6.92 Å². The molecule has 3 unspecified atom stereocenters. The molecule has 3 rings (SSSR count). The van der Waals surface area contributed by atoms with Crippen LogP contribution in [0.15, 0.2) is 40.8 Å². The lowest BCUT2D eigenvalue weighted by Gasteiger charge is -2.25. The Morgan fingerprint density at radius 2 is 1.92 bits per heavy atom. The molecule has 2 aliphatic rings. The first kappa shape index (κ1) is 17.9. The van der Waals surface area contributed by atoms with Crippen LogP contribution in [0.2, 0.25) is 0 Å². The number of thioether (sulfide) groups is 1. The Hall–Kier alpha value is -1.92. The van der Waals surface area contributed by atoms with E-state index in [4.69, 9.17) is 16.3 Å². The van der Waals surface area contributed by atoms with Crippen LogP contribution in [-0.4, -0.2) is 41.1 Å². The molecule has 1 heterocycles. The van der Waals surface area contributed by atoms with Gasteiger partial charge in [0.1, 0.15) is 5.92 Å². The van der Waals surface area contributed by atoms with E-state index in [2.05, 4.69) is 0 Å². The zero-order valence-electron chi connectivity index (χ0n) is 13.4. The Bertz CT molecular complexity index is 786. The first-order chi connectivity index (χ1) is 12.0. The molecule has 7 heteroatoms. The average Bonchev–Trinajstić information content (AvgIpc) is 3.05. The number of ether oxygens (including phenoxy) is 1. The Kier molecular flexibility index (Phi) is 5.11. The highest BCUT2D eigenvalue weighted by molar-refractivity contribution is 8.03. The van der Waals surface area contributed by atoms with Crippen LogP contribution in [0.25, 0.3) is 0 Å². The maximum absolute atomic E-state index is 12.9. The predicted octanol–water partition coefficient (Wildman–Crippen LogP) is 2.42. The number of halogens is 1. The summed E-state index contributed by atoms with van der Waals surface area (Å²) in [6, 6.07) is 8.37. The van der Waals surface area contributed by atoms with Gasteiger partial charge in [-0.15, -0.1) is 23.4 Å². The van der Waals surface area contributed by atoms with E-state index in [1.165, 1.54) is 11.8 Å². The Morgan fingerprint density at radius 1 is 1.24 bits per heavy atom. The molecule has 0 amide bonds. The first-order valence-electron chi connectivity index (χ1n) is 7.82. The van der Waals surface area contributed by atoms with Gasteiger partial charge >= 0.3 is 5.97 Å². The molecule has 0 saturated carbocycles. The number of alkyl halides is 1. The van der Waals surface area contributed by atoms with E-state index in [9.17, 15) is 19.2 Å². The summed E-state index contributed by atoms with van der Waals surface area (Å²) in [6.45, 7) is 1.86. The van der Waals surface area contributed by atoms with Crippen LogP contribution in [0, 0.1) is 11.8 Å². The molecule has 1 aliphatic carbocycles. The molecule has 1 aromatic rings. The van der Waals surface area contributed by atoms with E-state index in [0.29, 0.717) is 10.5 Å². The topological polar surface area (TPSA) is 77.5 Å². The molecule has 25 heavy (non-hydrogen) atoms. The fourth-order valence-corrected chi connectivity index (χ4v) is 4.71. The summed E-state index contributed by atoms with van der Waals surface area (Å²) >= 11 is 7.20. The molecule has 1 aliphatic heterocycles. The van der Waals surface area contributed by atoms with Crippen molar-refractivity contribution in [3.63, 3.8) is 0 Å². The fourth-order valence-electron chi connectivity index (χ4n) is 3.03. The Morgan fingerprint density at radius 3 is 2.56 bits per heavy atom. The van der Waals surface area contributed by atoms with Gasteiger partial charge in [0.05, 0.1) is 12.5 Å². The van der Waals surface area contributed by atoms with Crippen molar-refractivity contribution in [1.82, 2.24) is 0 Å². The molecule has 1 aromatic carbocycles. The van der Waals surface area contributed by atoms with Gasteiger partial charge in [-0.3, -0.25) is 19.2 Å². The highest BCUT2D eigenvalue weighted by Crippen LogP contribution is 2.47. The smallest absolute Gasteiger partial charge is 0.314 e. The summed E-state index contributed by atoms with van der Waals surface area (Å²) < 4.78 is 5.01. The van der Waals surface area contributed by atoms with Crippen molar-refractivity contribution in [1.29, 1.82) is 0 Å². The second-order valence-corrected chi connectivity index (χ2v) is 7.18. The molecular formula is C18H15ClO5S. The molecular weight excluding hydrogens is 364 g/mol. The van der Waals surface area contributed by atoms with Crippen LogP contribution in [0.4, 0.5) is 0 Å². The van der Waals surface area contributed by atoms with Crippen molar-refractivity contribution in [2.75, 3.05) is 12.4 Å². The summed E-state index contributed by atoms with van der Waals surface area (Å²) in [4.78, 5) is 50.4. The Labute approximate surface area is 153 Å². The fraction of sp³-hybridized carbons (Fsp3) is 0.333. The number of hydrogen-bond donors (Lipinski definition) is 0. The average molecular weight is 379 g/mol. The van der Waals surface area contributed by atoms with Crippen LogP contribution >= 0.6 is 23.4 Å². The van der Waals surface area contributed by atoms with Gasteiger partial charge in [0.15, 0.2) is 22.7 Å². The van der Waals surface area contributed by atoms with Gasteiger partial charge in [-0.1, -0.05) is 30.3 Å². The number of carbonyl (C=O) groups is 4. The lowest BCUT2D eigenvalue weighted by atomic mass is 9.79. The number of hydrogen-bond acceptors (Lipinski definition) is 6. The third-order valence-corrected chi connectivity index (χ3v) is 5.88. The predicted molar refractivity (Wildman–Crippen MR) is 93.5 cm³/mol. The molecule has 0 fully saturated rings. The number of esters is 1. The van der Waals surface area contributed by atoms with E-state index in [1.807, 2.05) is 0 Å². The van der Waals surface area contributed by atoms with E-state index in [-0.39, 0.29) is 17.9 Å². The molecule has 0 aromatic heterocycles. The Balaban J connectivity index is 2.05. The largest absolute Gasteiger partial charge is 0.465 e. The summed E-state index contributed by atoms with van der Waals surface area (Å²) in [6.07, 6.45) is 0. The van der Waals surface area contributed by atoms with E-state index >= 15 is 0 Å². The van der Waals surface area contributed by atoms with E-state index in [1.54, 1.807) is 37.3 Å². The van der Waals surface area contributed by atoms with Crippen LogP contribution in [0.5, 0.6) is 0 Å². The van der Waals surface area contributed by atoms with Gasteiger partial charge in [0, 0.05) is 21.8 Å². The number of Topliss-reactive ketones (excluding diaryl/α,β-unsaturated/α-hetero) is 3. The van der Waals surface area contributed by atoms with Crippen LogP contribution in [0.3, 0.4) is 0 Å². The van der Waals surface area contributed by atoms with E-state index < -0.39 is 40.5 Å². The van der Waals surface area contributed by atoms with Crippen LogP contribution < -0.4 is 0 Å². The second kappa shape index (κ2) is 7.14. The van der Waals surface area contributed by atoms with Gasteiger partial charge in [-0.2, -0.15) is 0 Å². The summed E-state index contributed by atoms with van der Waals surface area (Å²) in [5.74, 6) is -3.82. The van der Waals surface area contributed by atoms with Crippen molar-refractivity contribution in [2.24, 2.45) is 11.8 Å². The van der Waals surface area contributed by atoms with Crippen LogP contribution in [0.1, 0.15) is 17.3 Å². The standard InChI is InChI=1S/C18H15ClO5S/c1-2-24-18(23)10-8-25-17-11(10)15(21)13(19)16(22)12(17)14(20)9-6-4-3-5-7-9/h3-7,10,12-13H,2,8H2,1H3. The third kappa shape index (κ3) is 3.04. The molecule has 0 N–H and O–H groups in total. The summed E-state index contributed by atoms with van der Waals surface area (Å²) in [7, 11) is 0. The normalized spacial score (nSPS) is 25.8. The lowest BCUT2D eigenvalue weighted by molar-refractivity contribution is -0.146. The minimum absolute atomic E-state index is 0.164.